The summed E-state index contributed by atoms with van der Waals surface area (Å²) in [4.78, 5) is 15.9. The molecule has 1 heterocycles. The number of carbonyl (C=O) groups is 1. The number of anilines is 1. The Morgan fingerprint density at radius 3 is 2.50 bits per heavy atom. The van der Waals surface area contributed by atoms with Crippen LogP contribution in [0.15, 0.2) is 22.9 Å². The zero-order valence-corrected chi connectivity index (χ0v) is 12.2. The molecule has 1 aliphatic carbocycles. The first-order valence-electron chi connectivity index (χ1n) is 6.35. The second kappa shape index (κ2) is 6.11. The van der Waals surface area contributed by atoms with Gasteiger partial charge < -0.3 is 5.32 Å². The summed E-state index contributed by atoms with van der Waals surface area (Å²) in [6, 6.07) is 1.64. The number of aromatic nitrogens is 1. The average Bonchev–Trinajstić information content (AvgIpc) is 2.40. The van der Waals surface area contributed by atoms with Crippen LogP contribution in [0.2, 0.25) is 0 Å². The highest BCUT2D eigenvalue weighted by Crippen LogP contribution is 2.39. The molecule has 0 aliphatic heterocycles. The summed E-state index contributed by atoms with van der Waals surface area (Å²) in [5.41, 5.74) is 0.586. The smallest absolute Gasteiger partial charge is 0.325 e. The molecular weight excluding hydrogens is 337 g/mol. The molecule has 3 nitrogen and oxygen atoms in total. The summed E-state index contributed by atoms with van der Waals surface area (Å²) >= 11 is 3.26. The Balaban J connectivity index is 1.91. The number of pyridine rings is 1. The number of nitrogens with zero attached hydrogens (tertiary/aromatic N) is 1. The molecule has 0 atom stereocenters. The maximum absolute atomic E-state index is 12.6. The number of carbonyl (C=O) groups excluding carboxylic acids is 1. The van der Waals surface area contributed by atoms with E-state index in [0.29, 0.717) is 10.2 Å². The number of rotatable bonds is 2. The molecule has 0 spiro atoms. The van der Waals surface area contributed by atoms with E-state index >= 15 is 0 Å². The molecule has 0 aromatic carbocycles. The highest BCUT2D eigenvalue weighted by molar-refractivity contribution is 9.10. The number of hydrogen-bond donors (Lipinski definition) is 1. The van der Waals surface area contributed by atoms with Gasteiger partial charge in [-0.05, 0) is 47.7 Å². The molecular formula is C13H14BrF3N2O. The standard InChI is InChI=1S/C13H14BrF3N2O/c14-10-7-18-6-5-11(10)19-12(20)8-1-3-9(4-2-8)13(15,16)17/h5-9H,1-4H2,(H,18,19,20). The van der Waals surface area contributed by atoms with E-state index in [1.165, 1.54) is 0 Å². The van der Waals surface area contributed by atoms with Crippen molar-refractivity contribution < 1.29 is 18.0 Å². The normalized spacial score (nSPS) is 23.4. The third-order valence-corrected chi connectivity index (χ3v) is 4.22. The van der Waals surface area contributed by atoms with Gasteiger partial charge in [0, 0.05) is 18.3 Å². The highest BCUT2D eigenvalue weighted by Gasteiger charge is 2.42. The van der Waals surface area contributed by atoms with Crippen LogP contribution in [0.4, 0.5) is 18.9 Å². The lowest BCUT2D eigenvalue weighted by molar-refractivity contribution is -0.184. The number of alkyl halides is 3. The van der Waals surface area contributed by atoms with Gasteiger partial charge in [-0.25, -0.2) is 0 Å². The fourth-order valence-corrected chi connectivity index (χ4v) is 2.74. The third kappa shape index (κ3) is 3.71. The summed E-state index contributed by atoms with van der Waals surface area (Å²) in [6.07, 6.45) is -0.442. The fourth-order valence-electron chi connectivity index (χ4n) is 2.39. The molecule has 2 rings (SSSR count). The van der Waals surface area contributed by atoms with E-state index in [0.717, 1.165) is 0 Å². The van der Waals surface area contributed by atoms with Gasteiger partial charge in [0.25, 0.3) is 0 Å². The first-order chi connectivity index (χ1) is 9.38. The third-order valence-electron chi connectivity index (χ3n) is 3.59. The SMILES string of the molecule is O=C(Nc1ccncc1Br)C1CCC(C(F)(F)F)CC1. The van der Waals surface area contributed by atoms with Gasteiger partial charge >= 0.3 is 6.18 Å². The van der Waals surface area contributed by atoms with Gasteiger partial charge in [0.1, 0.15) is 0 Å². The summed E-state index contributed by atoms with van der Waals surface area (Å²) in [5, 5.41) is 2.73. The number of amides is 1. The van der Waals surface area contributed by atoms with Crippen molar-refractivity contribution in [2.75, 3.05) is 5.32 Å². The molecule has 1 saturated carbocycles. The molecule has 1 fully saturated rings. The Morgan fingerprint density at radius 1 is 1.30 bits per heavy atom. The molecule has 1 amide bonds. The lowest BCUT2D eigenvalue weighted by Gasteiger charge is -2.29. The Hall–Kier alpha value is -1.11. The molecule has 1 aromatic heterocycles. The van der Waals surface area contributed by atoms with Crippen molar-refractivity contribution in [3.63, 3.8) is 0 Å². The Morgan fingerprint density at radius 2 is 1.95 bits per heavy atom. The van der Waals surface area contributed by atoms with Gasteiger partial charge in [-0.1, -0.05) is 0 Å². The van der Waals surface area contributed by atoms with Crippen molar-refractivity contribution in [2.24, 2.45) is 11.8 Å². The van der Waals surface area contributed by atoms with Gasteiger partial charge in [-0.3, -0.25) is 9.78 Å². The minimum Gasteiger partial charge on any atom is -0.325 e. The number of nitrogens with one attached hydrogen (secondary N) is 1. The van der Waals surface area contributed by atoms with Gasteiger partial charge in [0.2, 0.25) is 5.91 Å². The molecule has 0 saturated heterocycles. The van der Waals surface area contributed by atoms with Crippen LogP contribution in [0.1, 0.15) is 25.7 Å². The van der Waals surface area contributed by atoms with Crippen LogP contribution < -0.4 is 5.32 Å². The predicted molar refractivity (Wildman–Crippen MR) is 72.1 cm³/mol. The average molecular weight is 351 g/mol. The Bertz CT molecular complexity index is 485. The van der Waals surface area contributed by atoms with Gasteiger partial charge in [0.05, 0.1) is 16.1 Å². The lowest BCUT2D eigenvalue weighted by Crippen LogP contribution is -2.32. The fraction of sp³-hybridized carbons (Fsp3) is 0.538. The van der Waals surface area contributed by atoms with Crippen LogP contribution in [0.5, 0.6) is 0 Å². The van der Waals surface area contributed by atoms with Crippen LogP contribution >= 0.6 is 15.9 Å². The number of hydrogen-bond acceptors (Lipinski definition) is 2. The molecule has 110 valence electrons. The van der Waals surface area contributed by atoms with Crippen molar-refractivity contribution in [3.8, 4) is 0 Å². The summed E-state index contributed by atoms with van der Waals surface area (Å²) < 4.78 is 38.3. The molecule has 1 aliphatic rings. The maximum Gasteiger partial charge on any atom is 0.391 e. The molecule has 0 bridgehead atoms. The van der Waals surface area contributed by atoms with Crippen molar-refractivity contribution in [2.45, 2.75) is 31.9 Å². The van der Waals surface area contributed by atoms with Crippen LogP contribution in [-0.4, -0.2) is 17.1 Å². The molecule has 1 aromatic rings. The van der Waals surface area contributed by atoms with Crippen molar-refractivity contribution in [3.05, 3.63) is 22.9 Å². The van der Waals surface area contributed by atoms with E-state index in [1.54, 1.807) is 18.5 Å². The Labute approximate surface area is 123 Å². The molecule has 20 heavy (non-hydrogen) atoms. The molecule has 0 radical (unpaired) electrons. The van der Waals surface area contributed by atoms with E-state index in [4.69, 9.17) is 0 Å². The molecule has 0 unspecified atom stereocenters. The topological polar surface area (TPSA) is 42.0 Å². The van der Waals surface area contributed by atoms with E-state index in [-0.39, 0.29) is 37.5 Å². The van der Waals surface area contributed by atoms with E-state index in [2.05, 4.69) is 26.2 Å². The van der Waals surface area contributed by atoms with Crippen LogP contribution in [0, 0.1) is 11.8 Å². The van der Waals surface area contributed by atoms with Crippen molar-refractivity contribution in [1.82, 2.24) is 4.98 Å². The summed E-state index contributed by atoms with van der Waals surface area (Å²) in [6.45, 7) is 0. The predicted octanol–water partition coefficient (Wildman–Crippen LogP) is 4.15. The zero-order valence-electron chi connectivity index (χ0n) is 10.6. The number of halogens is 4. The van der Waals surface area contributed by atoms with E-state index in [1.807, 2.05) is 0 Å². The zero-order chi connectivity index (χ0) is 14.8. The largest absolute Gasteiger partial charge is 0.391 e. The second-order valence-electron chi connectivity index (χ2n) is 4.93. The maximum atomic E-state index is 12.6. The van der Waals surface area contributed by atoms with Crippen molar-refractivity contribution in [1.29, 1.82) is 0 Å². The minimum atomic E-state index is -4.14. The second-order valence-corrected chi connectivity index (χ2v) is 5.79. The Kier molecular flexibility index (Phi) is 4.67. The summed E-state index contributed by atoms with van der Waals surface area (Å²) in [5.74, 6) is -1.84. The lowest BCUT2D eigenvalue weighted by atomic mass is 9.81. The minimum absolute atomic E-state index is 0.0269. The van der Waals surface area contributed by atoms with Gasteiger partial charge in [-0.2, -0.15) is 13.2 Å². The highest BCUT2D eigenvalue weighted by atomic mass is 79.9. The van der Waals surface area contributed by atoms with Gasteiger partial charge in [-0.15, -0.1) is 0 Å². The van der Waals surface area contributed by atoms with Crippen LogP contribution in [0.25, 0.3) is 0 Å². The monoisotopic (exact) mass is 350 g/mol. The summed E-state index contributed by atoms with van der Waals surface area (Å²) in [7, 11) is 0. The van der Waals surface area contributed by atoms with E-state index < -0.39 is 12.1 Å². The first kappa shape index (κ1) is 15.3. The van der Waals surface area contributed by atoms with Crippen molar-refractivity contribution >= 4 is 27.5 Å². The van der Waals surface area contributed by atoms with Gasteiger partial charge in [0.15, 0.2) is 0 Å². The van der Waals surface area contributed by atoms with E-state index in [9.17, 15) is 18.0 Å². The quantitative estimate of drug-likeness (QED) is 0.870. The molecule has 1 N–H and O–H groups in total. The first-order valence-corrected chi connectivity index (χ1v) is 7.14. The molecule has 7 heteroatoms. The van der Waals surface area contributed by atoms with Crippen LogP contribution in [0.3, 0.4) is 0 Å². The van der Waals surface area contributed by atoms with Crippen LogP contribution in [-0.2, 0) is 4.79 Å².